The number of thiophene rings is 1. The lowest BCUT2D eigenvalue weighted by molar-refractivity contribution is 0.0240. The largest absolute Gasteiger partial charge is 0.444 e. The molecule has 2 aromatic heterocycles. The highest BCUT2D eigenvalue weighted by Gasteiger charge is 2.27. The third-order valence-corrected chi connectivity index (χ3v) is 7.97. The van der Waals surface area contributed by atoms with Crippen LogP contribution in [-0.4, -0.2) is 60.3 Å². The normalized spacial score (nSPS) is 19.0. The van der Waals surface area contributed by atoms with Gasteiger partial charge in [-0.05, 0) is 71.7 Å². The zero-order valence-corrected chi connectivity index (χ0v) is 22.3. The molecular weight excluding hydrogens is 456 g/mol. The maximum Gasteiger partial charge on any atom is 0.410 e. The highest BCUT2D eigenvalue weighted by atomic mass is 32.1. The number of carbonyl (C=O) groups is 1. The number of amides is 1. The lowest BCUT2D eigenvalue weighted by Crippen LogP contribution is -2.50. The molecule has 0 bridgehead atoms. The summed E-state index contributed by atoms with van der Waals surface area (Å²) in [6.07, 6.45) is 2.28. The minimum atomic E-state index is -0.463. The summed E-state index contributed by atoms with van der Waals surface area (Å²) in [6.45, 7) is 14.3. The van der Waals surface area contributed by atoms with Gasteiger partial charge in [0.05, 0.1) is 21.6 Å². The van der Waals surface area contributed by atoms with Gasteiger partial charge in [0.2, 0.25) is 0 Å². The first-order valence-electron chi connectivity index (χ1n) is 12.7. The molecule has 7 heteroatoms. The van der Waals surface area contributed by atoms with E-state index in [0.717, 1.165) is 36.4 Å². The van der Waals surface area contributed by atoms with Gasteiger partial charge < -0.3 is 19.4 Å². The second-order valence-corrected chi connectivity index (χ2v) is 12.0. The van der Waals surface area contributed by atoms with E-state index >= 15 is 0 Å². The molecule has 186 valence electrons. The van der Waals surface area contributed by atoms with Crippen molar-refractivity contribution in [3.8, 4) is 11.3 Å². The number of ether oxygens (including phenoxy) is 1. The number of hydrogen-bond acceptors (Lipinski definition) is 6. The van der Waals surface area contributed by atoms with Crippen LogP contribution in [0.5, 0.6) is 0 Å². The van der Waals surface area contributed by atoms with Gasteiger partial charge in [-0.1, -0.05) is 12.1 Å². The van der Waals surface area contributed by atoms with Crippen molar-refractivity contribution in [2.45, 2.75) is 59.1 Å². The number of nitrogens with zero attached hydrogens (tertiary/aromatic N) is 4. The average Bonchev–Trinajstić information content (AvgIpc) is 3.42. The van der Waals surface area contributed by atoms with Crippen molar-refractivity contribution in [2.75, 3.05) is 42.5 Å². The van der Waals surface area contributed by atoms with Gasteiger partial charge in [0.1, 0.15) is 5.60 Å². The second-order valence-electron chi connectivity index (χ2n) is 10.8. The molecule has 0 spiro atoms. The van der Waals surface area contributed by atoms with Gasteiger partial charge in [0.15, 0.2) is 0 Å². The summed E-state index contributed by atoms with van der Waals surface area (Å²) in [7, 11) is 0. The molecule has 5 rings (SSSR count). The van der Waals surface area contributed by atoms with Gasteiger partial charge in [-0.25, -0.2) is 9.78 Å². The maximum absolute atomic E-state index is 12.4. The Kier molecular flexibility index (Phi) is 6.38. The van der Waals surface area contributed by atoms with Gasteiger partial charge in [-0.2, -0.15) is 0 Å². The summed E-state index contributed by atoms with van der Waals surface area (Å²) in [5.74, 6) is 0. The van der Waals surface area contributed by atoms with E-state index in [9.17, 15) is 4.79 Å². The molecule has 6 nitrogen and oxygen atoms in total. The summed E-state index contributed by atoms with van der Waals surface area (Å²) in [5, 5.41) is 0. The van der Waals surface area contributed by atoms with Crippen LogP contribution < -0.4 is 9.80 Å². The molecule has 2 fully saturated rings. The first-order chi connectivity index (χ1) is 16.7. The van der Waals surface area contributed by atoms with Crippen molar-refractivity contribution in [3.63, 3.8) is 0 Å². The van der Waals surface area contributed by atoms with Crippen LogP contribution in [0.25, 0.3) is 21.5 Å². The van der Waals surface area contributed by atoms with Crippen molar-refractivity contribution in [2.24, 2.45) is 0 Å². The topological polar surface area (TPSA) is 48.9 Å². The monoisotopic (exact) mass is 492 g/mol. The smallest absolute Gasteiger partial charge is 0.410 e. The summed E-state index contributed by atoms with van der Waals surface area (Å²) in [5.41, 5.74) is 5.32. The fourth-order valence-electron chi connectivity index (χ4n) is 5.09. The summed E-state index contributed by atoms with van der Waals surface area (Å²) in [4.78, 5) is 25.4. The number of rotatable bonds is 3. The number of fused-ring (bicyclic) bond motifs is 1. The van der Waals surface area contributed by atoms with E-state index in [4.69, 9.17) is 9.72 Å². The Balaban J connectivity index is 1.33. The molecule has 1 unspecified atom stereocenters. The molecule has 0 aliphatic carbocycles. The van der Waals surface area contributed by atoms with Crippen LogP contribution in [0, 0.1) is 6.92 Å². The van der Waals surface area contributed by atoms with E-state index in [1.165, 1.54) is 33.8 Å². The first kappa shape index (κ1) is 23.9. The Morgan fingerprint density at radius 2 is 1.77 bits per heavy atom. The van der Waals surface area contributed by atoms with Crippen LogP contribution >= 0.6 is 11.3 Å². The van der Waals surface area contributed by atoms with Gasteiger partial charge in [-0.15, -0.1) is 11.3 Å². The van der Waals surface area contributed by atoms with Crippen LogP contribution in [0.2, 0.25) is 0 Å². The van der Waals surface area contributed by atoms with Crippen molar-refractivity contribution in [1.29, 1.82) is 0 Å². The summed E-state index contributed by atoms with van der Waals surface area (Å²) < 4.78 is 6.83. The molecule has 2 aliphatic rings. The lowest BCUT2D eigenvalue weighted by atomic mass is 10.1. The number of aryl methyl sites for hydroxylation is 1. The molecule has 1 amide bonds. The molecule has 35 heavy (non-hydrogen) atoms. The lowest BCUT2D eigenvalue weighted by Gasteiger charge is -2.36. The van der Waals surface area contributed by atoms with Gasteiger partial charge >= 0.3 is 6.09 Å². The fourth-order valence-corrected chi connectivity index (χ4v) is 6.08. The van der Waals surface area contributed by atoms with E-state index in [2.05, 4.69) is 60.0 Å². The van der Waals surface area contributed by atoms with Gasteiger partial charge in [0.25, 0.3) is 0 Å². The summed E-state index contributed by atoms with van der Waals surface area (Å²) >= 11 is 1.85. The van der Waals surface area contributed by atoms with Crippen molar-refractivity contribution < 1.29 is 9.53 Å². The van der Waals surface area contributed by atoms with Crippen molar-refractivity contribution in [1.82, 2.24) is 9.88 Å². The van der Waals surface area contributed by atoms with Gasteiger partial charge in [0, 0.05) is 54.9 Å². The molecule has 0 radical (unpaired) electrons. The summed E-state index contributed by atoms with van der Waals surface area (Å²) in [6, 6.07) is 13.8. The Hall–Kier alpha value is -2.80. The standard InChI is InChI=1S/C28H36N4O2S/c1-19-7-6-12-32(19)25-18-23(29-24-17-20(2)35-26(24)25)21-8-10-22(11-9-21)30-13-15-31(16-14-30)27(33)34-28(3,4)5/h8-11,17-19H,6-7,12-16H2,1-5H3. The van der Waals surface area contributed by atoms with E-state index in [1.807, 2.05) is 32.1 Å². The number of anilines is 2. The maximum atomic E-state index is 12.4. The molecule has 0 saturated carbocycles. The number of piperazine rings is 1. The van der Waals surface area contributed by atoms with Crippen LogP contribution in [0.15, 0.2) is 36.4 Å². The molecule has 3 aromatic rings. The molecular formula is C28H36N4O2S. The Morgan fingerprint density at radius 3 is 2.40 bits per heavy atom. The van der Waals surface area contributed by atoms with Crippen LogP contribution in [0.3, 0.4) is 0 Å². The number of benzene rings is 1. The minimum absolute atomic E-state index is 0.222. The SMILES string of the molecule is Cc1cc2nc(-c3ccc(N4CCN(C(=O)OC(C)(C)C)CC4)cc3)cc(N3CCCC3C)c2s1. The van der Waals surface area contributed by atoms with E-state index < -0.39 is 5.60 Å². The fraction of sp³-hybridized carbons (Fsp3) is 0.500. The number of aromatic nitrogens is 1. The zero-order valence-electron chi connectivity index (χ0n) is 21.5. The molecule has 1 aromatic carbocycles. The number of carbonyl (C=O) groups excluding carboxylic acids is 1. The molecule has 2 saturated heterocycles. The highest BCUT2D eigenvalue weighted by Crippen LogP contribution is 2.39. The highest BCUT2D eigenvalue weighted by molar-refractivity contribution is 7.19. The molecule has 0 N–H and O–H groups in total. The molecule has 1 atom stereocenters. The molecule has 4 heterocycles. The number of pyridine rings is 1. The quantitative estimate of drug-likeness (QED) is 0.428. The zero-order chi connectivity index (χ0) is 24.7. The molecule has 2 aliphatic heterocycles. The first-order valence-corrected chi connectivity index (χ1v) is 13.5. The van der Waals surface area contributed by atoms with Crippen molar-refractivity contribution >= 4 is 39.0 Å². The Bertz CT molecular complexity index is 1210. The average molecular weight is 493 g/mol. The third-order valence-electron chi connectivity index (χ3n) is 6.90. The van der Waals surface area contributed by atoms with Crippen LogP contribution in [-0.2, 0) is 4.74 Å². The van der Waals surface area contributed by atoms with Crippen LogP contribution in [0.4, 0.5) is 16.2 Å². The predicted octanol–water partition coefficient (Wildman–Crippen LogP) is 6.32. The second kappa shape index (κ2) is 9.34. The van der Waals surface area contributed by atoms with E-state index in [1.54, 1.807) is 4.90 Å². The predicted molar refractivity (Wildman–Crippen MR) is 146 cm³/mol. The minimum Gasteiger partial charge on any atom is -0.444 e. The van der Waals surface area contributed by atoms with Crippen LogP contribution in [0.1, 0.15) is 45.4 Å². The van der Waals surface area contributed by atoms with Crippen molar-refractivity contribution in [3.05, 3.63) is 41.3 Å². The van der Waals surface area contributed by atoms with E-state index in [0.29, 0.717) is 19.1 Å². The van der Waals surface area contributed by atoms with E-state index in [-0.39, 0.29) is 6.09 Å². The van der Waals surface area contributed by atoms with Gasteiger partial charge in [-0.3, -0.25) is 0 Å². The Labute approximate surface area is 212 Å². The Morgan fingerprint density at radius 1 is 1.06 bits per heavy atom. The third kappa shape index (κ3) is 5.10. The number of hydrogen-bond donors (Lipinski definition) is 0.